The molecule has 5 heteroatoms. The fourth-order valence-corrected chi connectivity index (χ4v) is 5.31. The Morgan fingerprint density at radius 1 is 1.30 bits per heavy atom. The molecule has 4 nitrogen and oxygen atoms in total. The quantitative estimate of drug-likeness (QED) is 0.443. The smallest absolute Gasteiger partial charge is 0.247 e. The minimum atomic E-state index is -1.15. The summed E-state index contributed by atoms with van der Waals surface area (Å²) in [6.07, 6.45) is 15.9. The van der Waals surface area contributed by atoms with Crippen molar-refractivity contribution in [1.29, 1.82) is 0 Å². The van der Waals surface area contributed by atoms with Gasteiger partial charge in [-0.1, -0.05) is 36.8 Å². The topological polar surface area (TPSA) is 64.2 Å². The van der Waals surface area contributed by atoms with E-state index in [-0.39, 0.29) is 16.7 Å². The number of nitrogens with one attached hydrogen (secondary N) is 2. The third kappa shape index (κ3) is 5.12. The predicted molar refractivity (Wildman–Crippen MR) is 126 cm³/mol. The van der Waals surface area contributed by atoms with Gasteiger partial charge in [0, 0.05) is 5.57 Å². The van der Waals surface area contributed by atoms with E-state index in [4.69, 9.17) is 0 Å². The molecule has 0 aromatic carbocycles. The Labute approximate surface area is 185 Å². The van der Waals surface area contributed by atoms with Gasteiger partial charge in [0.25, 0.3) is 0 Å². The Hall–Kier alpha value is -1.72. The van der Waals surface area contributed by atoms with Gasteiger partial charge in [0.1, 0.15) is 4.75 Å². The average Bonchev–Trinajstić information content (AvgIpc) is 2.97. The largest absolute Gasteiger partial charge is 0.593 e. The van der Waals surface area contributed by atoms with Crippen LogP contribution in [0.4, 0.5) is 0 Å². The van der Waals surface area contributed by atoms with Crippen LogP contribution in [0.2, 0.25) is 0 Å². The van der Waals surface area contributed by atoms with E-state index in [1.54, 1.807) is 0 Å². The first kappa shape index (κ1) is 23.0. The van der Waals surface area contributed by atoms with Crippen LogP contribution in [0.5, 0.6) is 0 Å². The molecule has 0 bridgehead atoms. The van der Waals surface area contributed by atoms with Crippen LogP contribution in [0, 0.1) is 11.8 Å². The normalized spacial score (nSPS) is 27.2. The molecular weight excluding hydrogens is 392 g/mol. The lowest BCUT2D eigenvalue weighted by Crippen LogP contribution is -2.41. The highest BCUT2D eigenvalue weighted by atomic mass is 32.2. The van der Waals surface area contributed by atoms with E-state index in [2.05, 4.69) is 35.7 Å². The van der Waals surface area contributed by atoms with Crippen LogP contribution in [0.25, 0.3) is 0 Å². The second-order valence-corrected chi connectivity index (χ2v) is 11.5. The molecule has 0 fully saturated rings. The molecule has 0 radical (unpaired) electrons. The lowest BCUT2D eigenvalue weighted by atomic mass is 9.85. The van der Waals surface area contributed by atoms with Crippen molar-refractivity contribution in [3.63, 3.8) is 0 Å². The first-order valence-electron chi connectivity index (χ1n) is 11.1. The van der Waals surface area contributed by atoms with Gasteiger partial charge < -0.3 is 9.87 Å². The summed E-state index contributed by atoms with van der Waals surface area (Å²) in [6, 6.07) is 0.0802. The van der Waals surface area contributed by atoms with Crippen LogP contribution in [-0.2, 0) is 16.2 Å². The molecular formula is C25H36N2O2S. The van der Waals surface area contributed by atoms with Gasteiger partial charge in [-0.05, 0) is 82.8 Å². The summed E-state index contributed by atoms with van der Waals surface area (Å²) < 4.78 is 15.1. The van der Waals surface area contributed by atoms with E-state index in [1.165, 1.54) is 11.1 Å². The van der Waals surface area contributed by atoms with Crippen molar-refractivity contribution in [2.45, 2.75) is 77.0 Å². The molecule has 0 spiro atoms. The monoisotopic (exact) mass is 428 g/mol. The Morgan fingerprint density at radius 2 is 2.07 bits per heavy atom. The number of amides is 1. The zero-order valence-electron chi connectivity index (χ0n) is 18.8. The molecule has 3 rings (SSSR count). The third-order valence-electron chi connectivity index (χ3n) is 6.38. The standard InChI is InChI=1S/C25H36N2O2S/c1-6-7-10-20-17(2)23(22-12-9-8-11-21(20)22)26-24(28)18-13-15-19(16-14-18)27-30(29)25(3,4)5/h6,9,12-13,15,17,20,23,27H,1,7-8,10-11,14,16H2,2-5H3,(H,26,28). The molecule has 1 amide bonds. The zero-order valence-corrected chi connectivity index (χ0v) is 19.6. The summed E-state index contributed by atoms with van der Waals surface area (Å²) in [5.74, 6) is 0.943. The first-order chi connectivity index (χ1) is 14.2. The summed E-state index contributed by atoms with van der Waals surface area (Å²) in [4.78, 5) is 13.0. The van der Waals surface area contributed by atoms with Gasteiger partial charge in [-0.3, -0.25) is 4.79 Å². The third-order valence-corrected chi connectivity index (χ3v) is 7.94. The van der Waals surface area contributed by atoms with Gasteiger partial charge in [-0.15, -0.1) is 6.58 Å². The Bertz CT molecular complexity index is 800. The maximum Gasteiger partial charge on any atom is 0.247 e. The molecule has 164 valence electrons. The molecule has 3 aliphatic rings. The van der Waals surface area contributed by atoms with Crippen molar-refractivity contribution in [1.82, 2.24) is 10.0 Å². The minimum absolute atomic E-state index is 0.0225. The molecule has 4 unspecified atom stereocenters. The van der Waals surface area contributed by atoms with Gasteiger partial charge in [0.05, 0.1) is 23.1 Å². The molecule has 0 saturated heterocycles. The highest BCUT2D eigenvalue weighted by Crippen LogP contribution is 2.44. The van der Waals surface area contributed by atoms with Crippen LogP contribution in [0.3, 0.4) is 0 Å². The molecule has 0 aromatic rings. The molecule has 30 heavy (non-hydrogen) atoms. The van der Waals surface area contributed by atoms with E-state index >= 15 is 0 Å². The average molecular weight is 429 g/mol. The lowest BCUT2D eigenvalue weighted by molar-refractivity contribution is -0.118. The Kier molecular flexibility index (Phi) is 7.35. The van der Waals surface area contributed by atoms with Crippen LogP contribution in [0.1, 0.15) is 66.2 Å². The second-order valence-electron chi connectivity index (χ2n) is 9.57. The van der Waals surface area contributed by atoms with E-state index in [9.17, 15) is 9.35 Å². The molecule has 0 aliphatic heterocycles. The Balaban J connectivity index is 1.68. The summed E-state index contributed by atoms with van der Waals surface area (Å²) >= 11 is -1.15. The summed E-state index contributed by atoms with van der Waals surface area (Å²) in [7, 11) is 0. The van der Waals surface area contributed by atoms with Gasteiger partial charge in [0.15, 0.2) is 0 Å². The molecule has 2 N–H and O–H groups in total. The zero-order chi connectivity index (χ0) is 21.9. The van der Waals surface area contributed by atoms with Gasteiger partial charge >= 0.3 is 0 Å². The fraction of sp³-hybridized carbons (Fsp3) is 0.560. The van der Waals surface area contributed by atoms with E-state index in [1.807, 2.05) is 39.0 Å². The Morgan fingerprint density at radius 3 is 2.70 bits per heavy atom. The van der Waals surface area contributed by atoms with E-state index in [0.29, 0.717) is 24.7 Å². The van der Waals surface area contributed by atoms with Crippen molar-refractivity contribution in [3.05, 3.63) is 59.4 Å². The maximum absolute atomic E-state index is 13.0. The van der Waals surface area contributed by atoms with Gasteiger partial charge in [-0.25, -0.2) is 4.72 Å². The van der Waals surface area contributed by atoms with Crippen molar-refractivity contribution in [2.24, 2.45) is 11.8 Å². The number of allylic oxidation sites excluding steroid dienone is 6. The molecule has 0 aromatic heterocycles. The highest BCUT2D eigenvalue weighted by molar-refractivity contribution is 7.90. The van der Waals surface area contributed by atoms with Crippen molar-refractivity contribution in [2.75, 3.05) is 0 Å². The van der Waals surface area contributed by atoms with Crippen molar-refractivity contribution < 1.29 is 9.35 Å². The van der Waals surface area contributed by atoms with Crippen LogP contribution < -0.4 is 10.0 Å². The highest BCUT2D eigenvalue weighted by Gasteiger charge is 2.40. The summed E-state index contributed by atoms with van der Waals surface area (Å²) in [6.45, 7) is 12.0. The number of carbonyl (C=O) groups is 1. The second kappa shape index (κ2) is 9.61. The molecule has 4 atom stereocenters. The fourth-order valence-electron chi connectivity index (χ4n) is 4.60. The number of rotatable bonds is 7. The predicted octanol–water partition coefficient (Wildman–Crippen LogP) is 5.01. The van der Waals surface area contributed by atoms with E-state index < -0.39 is 11.4 Å². The maximum atomic E-state index is 13.0. The molecule has 3 aliphatic carbocycles. The van der Waals surface area contributed by atoms with Crippen molar-refractivity contribution in [3.8, 4) is 0 Å². The van der Waals surface area contributed by atoms with Crippen LogP contribution in [0.15, 0.2) is 59.4 Å². The lowest BCUT2D eigenvalue weighted by Gasteiger charge is -2.27. The minimum Gasteiger partial charge on any atom is -0.593 e. The van der Waals surface area contributed by atoms with Crippen molar-refractivity contribution >= 4 is 17.3 Å². The first-order valence-corrected chi connectivity index (χ1v) is 12.3. The van der Waals surface area contributed by atoms with Crippen LogP contribution in [-0.4, -0.2) is 21.2 Å². The number of hydrogen-bond acceptors (Lipinski definition) is 3. The SMILES string of the molecule is C=CCCC1C2=C(C=CCC2)C(NC(=O)C2=CC=C(N[S+]([O-])C(C)(C)C)CC2)C1C. The van der Waals surface area contributed by atoms with Crippen LogP contribution >= 0.6 is 0 Å². The van der Waals surface area contributed by atoms with Gasteiger partial charge in [-0.2, -0.15) is 0 Å². The molecule has 0 heterocycles. The van der Waals surface area contributed by atoms with E-state index in [0.717, 1.165) is 37.0 Å². The molecule has 0 saturated carbocycles. The number of hydrogen-bond donors (Lipinski definition) is 2. The van der Waals surface area contributed by atoms with Gasteiger partial charge in [0.2, 0.25) is 5.91 Å². The summed E-state index contributed by atoms with van der Waals surface area (Å²) in [5, 5.41) is 3.33. The number of carbonyl (C=O) groups excluding carboxylic acids is 1. The summed E-state index contributed by atoms with van der Waals surface area (Å²) in [5.41, 5.74) is 4.58.